The number of nitrogens with one attached hydrogen (secondary N) is 2. The van der Waals surface area contributed by atoms with E-state index in [2.05, 4.69) is 17.6 Å². The van der Waals surface area contributed by atoms with Crippen LogP contribution in [0.1, 0.15) is 39.5 Å². The number of unbranched alkanes of at least 4 members (excludes halogenated alkanes) is 2. The number of anilines is 1. The Kier molecular flexibility index (Phi) is 10.1. The summed E-state index contributed by atoms with van der Waals surface area (Å²) >= 11 is 5.96. The summed E-state index contributed by atoms with van der Waals surface area (Å²) in [6, 6.07) is 5.15. The molecule has 1 unspecified atom stereocenters. The number of rotatable bonds is 11. The molecular formula is C19H30ClN3O3. The summed E-state index contributed by atoms with van der Waals surface area (Å²) in [5, 5.41) is 6.23. The molecule has 0 spiro atoms. The lowest BCUT2D eigenvalue weighted by Crippen LogP contribution is -2.42. The van der Waals surface area contributed by atoms with Crippen molar-refractivity contribution < 1.29 is 14.3 Å². The highest BCUT2D eigenvalue weighted by molar-refractivity contribution is 6.31. The zero-order valence-corrected chi connectivity index (χ0v) is 16.9. The minimum Gasteiger partial charge on any atom is -0.495 e. The normalized spacial score (nSPS) is 11.9. The van der Waals surface area contributed by atoms with Gasteiger partial charge < -0.3 is 15.4 Å². The average molecular weight is 384 g/mol. The second-order valence-corrected chi connectivity index (χ2v) is 6.97. The molecule has 0 aromatic heterocycles. The Hall–Kier alpha value is -1.79. The van der Waals surface area contributed by atoms with Crippen molar-refractivity contribution in [2.75, 3.05) is 32.6 Å². The van der Waals surface area contributed by atoms with Gasteiger partial charge in [0.05, 0.1) is 25.9 Å². The first kappa shape index (κ1) is 22.3. The van der Waals surface area contributed by atoms with Crippen LogP contribution < -0.4 is 15.4 Å². The topological polar surface area (TPSA) is 70.7 Å². The van der Waals surface area contributed by atoms with Crippen LogP contribution in [0.4, 0.5) is 5.69 Å². The molecule has 1 aromatic carbocycles. The Morgan fingerprint density at radius 1 is 1.23 bits per heavy atom. The Balaban J connectivity index is 2.42. The molecule has 0 heterocycles. The van der Waals surface area contributed by atoms with E-state index in [0.29, 0.717) is 16.5 Å². The molecule has 2 amide bonds. The SMILES string of the molecule is CCCCCC(C)NC(=O)CN(C)CC(=O)Nc1cc(Cl)ccc1OC. The third-order valence-corrected chi connectivity index (χ3v) is 4.15. The number of methoxy groups -OCH3 is 1. The van der Waals surface area contributed by atoms with Gasteiger partial charge in [-0.25, -0.2) is 0 Å². The number of hydrogen-bond acceptors (Lipinski definition) is 4. The average Bonchev–Trinajstić information content (AvgIpc) is 2.54. The first-order valence-corrected chi connectivity index (χ1v) is 9.34. The van der Waals surface area contributed by atoms with Gasteiger partial charge in [0.25, 0.3) is 0 Å². The van der Waals surface area contributed by atoms with Crippen LogP contribution in [0.15, 0.2) is 18.2 Å². The van der Waals surface area contributed by atoms with E-state index in [9.17, 15) is 9.59 Å². The lowest BCUT2D eigenvalue weighted by atomic mass is 10.1. The van der Waals surface area contributed by atoms with E-state index in [1.54, 1.807) is 30.1 Å². The lowest BCUT2D eigenvalue weighted by molar-refractivity contribution is -0.123. The van der Waals surface area contributed by atoms with Crippen molar-refractivity contribution in [3.05, 3.63) is 23.2 Å². The van der Waals surface area contributed by atoms with Crippen molar-refractivity contribution in [2.45, 2.75) is 45.6 Å². The van der Waals surface area contributed by atoms with Gasteiger partial charge in [0.1, 0.15) is 5.75 Å². The number of carbonyl (C=O) groups is 2. The standard InChI is InChI=1S/C19H30ClN3O3/c1-5-6-7-8-14(2)21-18(24)12-23(3)13-19(25)22-16-11-15(20)9-10-17(16)26-4/h9-11,14H,5-8,12-13H2,1-4H3,(H,21,24)(H,22,25). The van der Waals surface area contributed by atoms with E-state index in [-0.39, 0.29) is 30.9 Å². The third-order valence-electron chi connectivity index (χ3n) is 3.91. The molecule has 0 saturated heterocycles. The molecule has 0 aliphatic rings. The van der Waals surface area contributed by atoms with E-state index in [1.807, 2.05) is 6.92 Å². The quantitative estimate of drug-likeness (QED) is 0.575. The van der Waals surface area contributed by atoms with E-state index in [0.717, 1.165) is 19.3 Å². The Morgan fingerprint density at radius 3 is 2.58 bits per heavy atom. The fourth-order valence-corrected chi connectivity index (χ4v) is 2.78. The Labute approximate surface area is 161 Å². The molecule has 0 fully saturated rings. The van der Waals surface area contributed by atoms with Crippen LogP contribution in [0.2, 0.25) is 5.02 Å². The number of hydrogen-bond donors (Lipinski definition) is 2. The van der Waals surface area contributed by atoms with E-state index in [4.69, 9.17) is 16.3 Å². The van der Waals surface area contributed by atoms with Crippen LogP contribution in [-0.2, 0) is 9.59 Å². The molecule has 0 bridgehead atoms. The molecule has 0 aliphatic carbocycles. The van der Waals surface area contributed by atoms with Crippen molar-refractivity contribution in [1.82, 2.24) is 10.2 Å². The Bertz CT molecular complexity index is 595. The molecule has 7 heteroatoms. The first-order valence-electron chi connectivity index (χ1n) is 8.97. The molecule has 0 radical (unpaired) electrons. The van der Waals surface area contributed by atoms with Crippen LogP contribution in [-0.4, -0.2) is 50.0 Å². The summed E-state index contributed by atoms with van der Waals surface area (Å²) in [5.74, 6) is 0.213. The molecule has 146 valence electrons. The molecular weight excluding hydrogens is 354 g/mol. The van der Waals surface area contributed by atoms with E-state index < -0.39 is 0 Å². The summed E-state index contributed by atoms with van der Waals surface area (Å²) < 4.78 is 5.20. The molecule has 1 atom stereocenters. The maximum atomic E-state index is 12.2. The molecule has 0 aliphatic heterocycles. The minimum absolute atomic E-state index is 0.0790. The second kappa shape index (κ2) is 11.8. The van der Waals surface area contributed by atoms with Gasteiger partial charge in [0, 0.05) is 11.1 Å². The summed E-state index contributed by atoms with van der Waals surface area (Å²) in [6.45, 7) is 4.42. The third kappa shape index (κ3) is 8.54. The van der Waals surface area contributed by atoms with Crippen molar-refractivity contribution in [3.8, 4) is 5.75 Å². The second-order valence-electron chi connectivity index (χ2n) is 6.53. The number of halogens is 1. The van der Waals surface area contributed by atoms with Gasteiger partial charge in [0.15, 0.2) is 0 Å². The van der Waals surface area contributed by atoms with E-state index in [1.165, 1.54) is 13.5 Å². The number of benzene rings is 1. The summed E-state index contributed by atoms with van der Waals surface area (Å²) in [4.78, 5) is 25.9. The summed E-state index contributed by atoms with van der Waals surface area (Å²) in [7, 11) is 3.26. The summed E-state index contributed by atoms with van der Waals surface area (Å²) in [6.07, 6.45) is 4.42. The van der Waals surface area contributed by atoms with Crippen molar-refractivity contribution >= 4 is 29.1 Å². The maximum absolute atomic E-state index is 12.2. The fraction of sp³-hybridized carbons (Fsp3) is 0.579. The predicted molar refractivity (Wildman–Crippen MR) is 106 cm³/mol. The smallest absolute Gasteiger partial charge is 0.238 e. The van der Waals surface area contributed by atoms with Crippen molar-refractivity contribution in [2.24, 2.45) is 0 Å². The number of carbonyl (C=O) groups excluding carboxylic acids is 2. The molecule has 1 rings (SSSR count). The highest BCUT2D eigenvalue weighted by Crippen LogP contribution is 2.27. The van der Waals surface area contributed by atoms with Gasteiger partial charge >= 0.3 is 0 Å². The van der Waals surface area contributed by atoms with Gasteiger partial charge in [-0.1, -0.05) is 37.8 Å². The van der Waals surface area contributed by atoms with Crippen molar-refractivity contribution in [1.29, 1.82) is 0 Å². The first-order chi connectivity index (χ1) is 12.3. The monoisotopic (exact) mass is 383 g/mol. The maximum Gasteiger partial charge on any atom is 0.238 e. The fourth-order valence-electron chi connectivity index (χ4n) is 2.61. The van der Waals surface area contributed by atoms with Gasteiger partial charge in [-0.2, -0.15) is 0 Å². The van der Waals surface area contributed by atoms with Crippen LogP contribution in [0, 0.1) is 0 Å². The van der Waals surface area contributed by atoms with Crippen LogP contribution in [0.3, 0.4) is 0 Å². The molecule has 2 N–H and O–H groups in total. The predicted octanol–water partition coefficient (Wildman–Crippen LogP) is 3.30. The number of likely N-dealkylation sites (N-methyl/N-ethyl adjacent to an activating group) is 1. The zero-order valence-electron chi connectivity index (χ0n) is 16.1. The number of ether oxygens (including phenoxy) is 1. The highest BCUT2D eigenvalue weighted by atomic mass is 35.5. The number of amides is 2. The minimum atomic E-state index is -0.239. The van der Waals surface area contributed by atoms with Crippen LogP contribution >= 0.6 is 11.6 Å². The zero-order chi connectivity index (χ0) is 19.5. The number of nitrogens with zero attached hydrogens (tertiary/aromatic N) is 1. The summed E-state index contributed by atoms with van der Waals surface area (Å²) in [5.41, 5.74) is 0.507. The molecule has 6 nitrogen and oxygen atoms in total. The van der Waals surface area contributed by atoms with Crippen LogP contribution in [0.25, 0.3) is 0 Å². The van der Waals surface area contributed by atoms with Gasteiger partial charge in [0.2, 0.25) is 11.8 Å². The van der Waals surface area contributed by atoms with Gasteiger partial charge in [-0.05, 0) is 38.6 Å². The lowest BCUT2D eigenvalue weighted by Gasteiger charge is -2.19. The molecule has 0 saturated carbocycles. The van der Waals surface area contributed by atoms with Gasteiger partial charge in [-0.15, -0.1) is 0 Å². The van der Waals surface area contributed by atoms with Gasteiger partial charge in [-0.3, -0.25) is 14.5 Å². The molecule has 1 aromatic rings. The van der Waals surface area contributed by atoms with E-state index >= 15 is 0 Å². The largest absolute Gasteiger partial charge is 0.495 e. The molecule has 26 heavy (non-hydrogen) atoms. The van der Waals surface area contributed by atoms with Crippen LogP contribution in [0.5, 0.6) is 5.75 Å². The Morgan fingerprint density at radius 2 is 1.92 bits per heavy atom. The highest BCUT2D eigenvalue weighted by Gasteiger charge is 2.14. The van der Waals surface area contributed by atoms with Crippen molar-refractivity contribution in [3.63, 3.8) is 0 Å².